The van der Waals surface area contributed by atoms with Gasteiger partial charge in [0.2, 0.25) is 11.9 Å². The van der Waals surface area contributed by atoms with Crippen molar-refractivity contribution in [1.82, 2.24) is 0 Å². The van der Waals surface area contributed by atoms with Crippen LogP contribution in [-0.4, -0.2) is 78.3 Å². The Hall–Kier alpha value is -3.78. The monoisotopic (exact) mass is 686 g/mol. The molecule has 2 saturated heterocycles. The molecule has 1 N–H and O–H groups in total. The molecule has 4 rings (SSSR count). The first-order chi connectivity index (χ1) is 24.9. The average molecular weight is 687 g/mol. The molecule has 2 aromatic rings. The fourth-order valence-electron chi connectivity index (χ4n) is 5.89. The Morgan fingerprint density at radius 3 is 1.96 bits per heavy atom. The van der Waals surface area contributed by atoms with Crippen LogP contribution in [0.4, 0.5) is 0 Å². The van der Waals surface area contributed by atoms with Crippen molar-refractivity contribution in [2.75, 3.05) is 6.61 Å². The van der Waals surface area contributed by atoms with Gasteiger partial charge in [0.1, 0.15) is 12.7 Å². The van der Waals surface area contributed by atoms with Crippen LogP contribution in [-0.2, 0) is 70.8 Å². The van der Waals surface area contributed by atoms with E-state index in [0.29, 0.717) is 17.4 Å². The molecule has 0 radical (unpaired) electrons. The first kappa shape index (κ1) is 32.4. The van der Waals surface area contributed by atoms with E-state index in [-0.39, 0.29) is 5.56 Å². The molecule has 49 heavy (non-hydrogen) atoms. The molecule has 0 saturated carbocycles. The molecule has 0 bridgehead atoms. The van der Waals surface area contributed by atoms with Crippen molar-refractivity contribution in [2.24, 2.45) is 0 Å². The van der Waals surface area contributed by atoms with Crippen LogP contribution in [0.5, 0.6) is 0 Å². The molecule has 2 heterocycles. The lowest BCUT2D eigenvalue weighted by atomic mass is 9.72. The summed E-state index contributed by atoms with van der Waals surface area (Å²) < 4.78 is 70.9. The summed E-state index contributed by atoms with van der Waals surface area (Å²) in [5.41, 5.74) is 2.35. The SMILES string of the molecule is [2H]CC(=O)OC[C@H]1OC(O)(c2cc(Cc3ccc(CC)cc3)c(C)c(B3OC(C)(C)C(C)(C)O3)c2)[C@H](OC(=O)C[2H])[C@@H](OC(=O)C[2H])[C@@H]1OC(=O)C[2H]. The number of hydrogen-bond donors (Lipinski definition) is 1. The molecule has 0 aliphatic carbocycles. The van der Waals surface area contributed by atoms with Gasteiger partial charge in [0.25, 0.3) is 0 Å². The lowest BCUT2D eigenvalue weighted by Crippen LogP contribution is -2.66. The van der Waals surface area contributed by atoms with Gasteiger partial charge in [0.15, 0.2) is 12.2 Å². The fraction of sp³-hybridized carbons (Fsp3) is 0.556. The highest BCUT2D eigenvalue weighted by molar-refractivity contribution is 6.62. The van der Waals surface area contributed by atoms with Crippen LogP contribution in [0.3, 0.4) is 0 Å². The topological polar surface area (TPSA) is 153 Å². The quantitative estimate of drug-likeness (QED) is 0.222. The minimum atomic E-state index is -2.77. The smallest absolute Gasteiger partial charge is 0.463 e. The van der Waals surface area contributed by atoms with Crippen LogP contribution in [0.2, 0.25) is 0 Å². The number of benzene rings is 2. The number of esters is 4. The molecule has 5 atom stereocenters. The van der Waals surface area contributed by atoms with E-state index in [1.807, 2.05) is 65.8 Å². The maximum absolute atomic E-state index is 12.8. The lowest BCUT2D eigenvalue weighted by molar-refractivity contribution is -0.360. The third kappa shape index (κ3) is 8.34. The predicted molar refractivity (Wildman–Crippen MR) is 178 cm³/mol. The highest BCUT2D eigenvalue weighted by Crippen LogP contribution is 2.42. The summed E-state index contributed by atoms with van der Waals surface area (Å²) in [6.07, 6.45) is -6.14. The second kappa shape index (κ2) is 14.6. The van der Waals surface area contributed by atoms with E-state index in [4.69, 9.17) is 38.5 Å². The summed E-state index contributed by atoms with van der Waals surface area (Å²) in [6.45, 7) is 7.14. The molecule has 1 unspecified atom stereocenters. The number of ether oxygens (including phenoxy) is 5. The Balaban J connectivity index is 1.99. The van der Waals surface area contributed by atoms with Crippen molar-refractivity contribution in [3.05, 3.63) is 64.2 Å². The van der Waals surface area contributed by atoms with Gasteiger partial charge >= 0.3 is 31.0 Å². The van der Waals surface area contributed by atoms with Crippen LogP contribution < -0.4 is 5.46 Å². The first-order valence-corrected chi connectivity index (χ1v) is 15.8. The normalized spacial score (nSPS) is 26.8. The molecule has 12 nitrogen and oxygen atoms in total. The van der Waals surface area contributed by atoms with E-state index in [1.54, 1.807) is 6.07 Å². The number of aryl methyl sites for hydroxylation is 1. The Kier molecular flexibility index (Phi) is 9.66. The van der Waals surface area contributed by atoms with Gasteiger partial charge in [0.05, 0.1) is 11.2 Å². The fourth-order valence-corrected chi connectivity index (χ4v) is 5.89. The minimum absolute atomic E-state index is 0.0511. The molecule has 13 heteroatoms. The molecular weight excluding hydrogens is 635 g/mol. The van der Waals surface area contributed by atoms with Crippen molar-refractivity contribution >= 4 is 36.5 Å². The second-order valence-electron chi connectivity index (χ2n) is 13.1. The average Bonchev–Trinajstić information content (AvgIpc) is 3.35. The van der Waals surface area contributed by atoms with E-state index in [2.05, 4.69) is 0 Å². The standard InChI is InChI=1S/C36H47BO12/c1-11-25-12-14-26(15-13-25)16-27-17-28(18-29(20(27)2)37-48-34(7,8)35(9,10)49-37)36(42)33(46-24(6)41)32(45-23(5)40)31(44-22(4)39)30(47-36)19-43-21(3)38/h12-15,17-18,30-33,42H,11,16,19H2,1-10H3/t30-,31-,32+,33-,36?/m1/s1/i3D,4D,5D,6D. The van der Waals surface area contributed by atoms with E-state index < -0.39 is 107 Å². The number of aliphatic hydroxyl groups is 1. The zero-order valence-electron chi connectivity index (χ0n) is 32.7. The van der Waals surface area contributed by atoms with Crippen molar-refractivity contribution in [2.45, 2.75) is 123 Å². The van der Waals surface area contributed by atoms with Gasteiger partial charge in [-0.2, -0.15) is 0 Å². The largest absolute Gasteiger partial charge is 0.495 e. The van der Waals surface area contributed by atoms with Crippen LogP contribution in [0.25, 0.3) is 0 Å². The van der Waals surface area contributed by atoms with Gasteiger partial charge in [0, 0.05) is 38.6 Å². The van der Waals surface area contributed by atoms with Gasteiger partial charge in [-0.05, 0) is 81.2 Å². The summed E-state index contributed by atoms with van der Waals surface area (Å²) in [4.78, 5) is 50.2. The van der Waals surface area contributed by atoms with Crippen molar-refractivity contribution in [3.63, 3.8) is 0 Å². The Bertz CT molecular complexity index is 1640. The summed E-state index contributed by atoms with van der Waals surface area (Å²) in [6, 6.07) is 11.1. The molecule has 2 fully saturated rings. The first-order valence-electron chi connectivity index (χ1n) is 18.6. The van der Waals surface area contributed by atoms with E-state index in [1.165, 1.54) is 6.07 Å². The highest BCUT2D eigenvalue weighted by Gasteiger charge is 2.61. The zero-order chi connectivity index (χ0) is 39.3. The van der Waals surface area contributed by atoms with Crippen LogP contribution in [0.15, 0.2) is 36.4 Å². The second-order valence-corrected chi connectivity index (χ2v) is 13.1. The highest BCUT2D eigenvalue weighted by atomic mass is 16.7. The molecule has 0 aromatic heterocycles. The zero-order valence-corrected chi connectivity index (χ0v) is 28.7. The molecule has 2 aliphatic heterocycles. The van der Waals surface area contributed by atoms with Crippen molar-refractivity contribution in [3.8, 4) is 0 Å². The van der Waals surface area contributed by atoms with Gasteiger partial charge < -0.3 is 38.1 Å². The summed E-state index contributed by atoms with van der Waals surface area (Å²) >= 11 is 0. The molecule has 0 amide bonds. The maximum Gasteiger partial charge on any atom is 0.495 e. The Morgan fingerprint density at radius 1 is 0.837 bits per heavy atom. The lowest BCUT2D eigenvalue weighted by Gasteiger charge is -2.49. The van der Waals surface area contributed by atoms with Crippen molar-refractivity contribution in [1.29, 1.82) is 0 Å². The van der Waals surface area contributed by atoms with Gasteiger partial charge in [-0.1, -0.05) is 37.3 Å². The van der Waals surface area contributed by atoms with E-state index in [0.717, 1.165) is 23.1 Å². The van der Waals surface area contributed by atoms with E-state index in [9.17, 15) is 24.3 Å². The number of carbonyl (C=O) groups is 4. The number of rotatable bonds is 10. The number of carbonyl (C=O) groups excluding carboxylic acids is 4. The molecule has 0 spiro atoms. The van der Waals surface area contributed by atoms with E-state index >= 15 is 0 Å². The molecular formula is C36H47BO12. The van der Waals surface area contributed by atoms with Crippen LogP contribution >= 0.6 is 0 Å². The van der Waals surface area contributed by atoms with Gasteiger partial charge in [-0.15, -0.1) is 0 Å². The molecule has 2 aliphatic rings. The van der Waals surface area contributed by atoms with Gasteiger partial charge in [-0.3, -0.25) is 19.2 Å². The maximum atomic E-state index is 12.8. The Labute approximate surface area is 293 Å². The van der Waals surface area contributed by atoms with Crippen LogP contribution in [0.1, 0.15) is 95.5 Å². The summed E-state index contributed by atoms with van der Waals surface area (Å²) in [5.74, 6) is -7.25. The van der Waals surface area contributed by atoms with Crippen molar-refractivity contribution < 1.29 is 62.8 Å². The third-order valence-corrected chi connectivity index (χ3v) is 9.21. The minimum Gasteiger partial charge on any atom is -0.463 e. The summed E-state index contributed by atoms with van der Waals surface area (Å²) in [5, 5.41) is 12.8. The molecule has 2 aromatic carbocycles. The Morgan fingerprint density at radius 2 is 1.39 bits per heavy atom. The molecule has 266 valence electrons. The summed E-state index contributed by atoms with van der Waals surface area (Å²) in [7, 11) is -0.959. The third-order valence-electron chi connectivity index (χ3n) is 9.21. The predicted octanol–water partition coefficient (Wildman–Crippen LogP) is 3.35. The van der Waals surface area contributed by atoms with Gasteiger partial charge in [-0.25, -0.2) is 0 Å². The number of hydrogen-bond acceptors (Lipinski definition) is 12. The van der Waals surface area contributed by atoms with Crippen LogP contribution in [0, 0.1) is 6.92 Å².